The summed E-state index contributed by atoms with van der Waals surface area (Å²) in [6.45, 7) is 2.34. The van der Waals surface area contributed by atoms with E-state index in [4.69, 9.17) is 0 Å². The summed E-state index contributed by atoms with van der Waals surface area (Å²) in [6.07, 6.45) is 7.56. The van der Waals surface area contributed by atoms with Gasteiger partial charge in [-0.25, -0.2) is 4.68 Å². The van der Waals surface area contributed by atoms with Crippen LogP contribution in [0.15, 0.2) is 30.9 Å². The van der Waals surface area contributed by atoms with Gasteiger partial charge in [-0.2, -0.15) is 0 Å². The normalized spacial score (nSPS) is 21.2. The Morgan fingerprint density at radius 1 is 1.35 bits per heavy atom. The quantitative estimate of drug-likeness (QED) is 0.906. The van der Waals surface area contributed by atoms with Gasteiger partial charge in [-0.05, 0) is 25.8 Å². The number of carboxylic acids is 1. The Labute approximate surface area is 132 Å². The van der Waals surface area contributed by atoms with Crippen molar-refractivity contribution in [3.05, 3.63) is 36.4 Å². The molecular formula is C15H17N5O3. The van der Waals surface area contributed by atoms with Gasteiger partial charge in [-0.3, -0.25) is 14.6 Å². The maximum absolute atomic E-state index is 12.7. The zero-order valence-corrected chi connectivity index (χ0v) is 12.7. The second-order valence-corrected chi connectivity index (χ2v) is 5.61. The minimum atomic E-state index is -0.857. The lowest BCUT2D eigenvalue weighted by atomic mass is 9.90. The maximum Gasteiger partial charge on any atom is 0.308 e. The van der Waals surface area contributed by atoms with Crippen molar-refractivity contribution in [1.82, 2.24) is 24.9 Å². The van der Waals surface area contributed by atoms with Crippen molar-refractivity contribution in [3.8, 4) is 5.69 Å². The van der Waals surface area contributed by atoms with Crippen molar-refractivity contribution in [2.24, 2.45) is 5.92 Å². The number of nitrogens with zero attached hydrogens (tertiary/aromatic N) is 5. The number of carbonyl (C=O) groups excluding carboxylic acids is 1. The highest BCUT2D eigenvalue weighted by Gasteiger charge is 2.35. The summed E-state index contributed by atoms with van der Waals surface area (Å²) in [5.74, 6) is -1.60. The molecule has 2 aromatic heterocycles. The zero-order valence-electron chi connectivity index (χ0n) is 12.7. The molecule has 0 bridgehead atoms. The first-order valence-corrected chi connectivity index (χ1v) is 7.43. The fourth-order valence-electron chi connectivity index (χ4n) is 2.94. The first kappa shape index (κ1) is 15.1. The van der Waals surface area contributed by atoms with Gasteiger partial charge >= 0.3 is 5.97 Å². The van der Waals surface area contributed by atoms with Crippen LogP contribution in [0, 0.1) is 5.92 Å². The van der Waals surface area contributed by atoms with Crippen LogP contribution in [0.4, 0.5) is 0 Å². The van der Waals surface area contributed by atoms with Gasteiger partial charge in [-0.1, -0.05) is 5.21 Å². The number of aliphatic carboxylic acids is 1. The summed E-state index contributed by atoms with van der Waals surface area (Å²) in [6, 6.07) is 1.34. The number of rotatable bonds is 3. The monoisotopic (exact) mass is 315 g/mol. The highest BCUT2D eigenvalue weighted by molar-refractivity contribution is 5.95. The third kappa shape index (κ3) is 2.92. The average Bonchev–Trinajstić information content (AvgIpc) is 3.09. The van der Waals surface area contributed by atoms with E-state index >= 15 is 0 Å². The van der Waals surface area contributed by atoms with Gasteiger partial charge in [0.25, 0.3) is 5.91 Å². The third-order valence-corrected chi connectivity index (χ3v) is 4.22. The van der Waals surface area contributed by atoms with E-state index in [9.17, 15) is 14.7 Å². The molecule has 0 aromatic carbocycles. The maximum atomic E-state index is 12.7. The number of likely N-dealkylation sites (tertiary alicyclic amines) is 1. The Morgan fingerprint density at radius 3 is 2.87 bits per heavy atom. The van der Waals surface area contributed by atoms with Gasteiger partial charge in [0.15, 0.2) is 0 Å². The number of carbonyl (C=O) groups is 2. The molecule has 8 heteroatoms. The molecule has 23 heavy (non-hydrogen) atoms. The smallest absolute Gasteiger partial charge is 0.308 e. The summed E-state index contributed by atoms with van der Waals surface area (Å²) < 4.78 is 1.52. The molecule has 2 atom stereocenters. The molecule has 1 N–H and O–H groups in total. The Hall–Kier alpha value is -2.77. The lowest BCUT2D eigenvalue weighted by Gasteiger charge is -2.37. The number of hydrogen-bond donors (Lipinski definition) is 1. The predicted octanol–water partition coefficient (Wildman–Crippen LogP) is 0.988. The van der Waals surface area contributed by atoms with Crippen LogP contribution in [0.5, 0.6) is 0 Å². The van der Waals surface area contributed by atoms with E-state index in [0.29, 0.717) is 30.6 Å². The van der Waals surface area contributed by atoms with Gasteiger partial charge in [0.2, 0.25) is 0 Å². The largest absolute Gasteiger partial charge is 0.481 e. The predicted molar refractivity (Wildman–Crippen MR) is 80.0 cm³/mol. The first-order chi connectivity index (χ1) is 11.1. The molecule has 0 saturated carbocycles. The number of pyridine rings is 1. The van der Waals surface area contributed by atoms with E-state index in [-0.39, 0.29) is 11.9 Å². The van der Waals surface area contributed by atoms with E-state index in [1.165, 1.54) is 10.9 Å². The molecule has 8 nitrogen and oxygen atoms in total. The molecular weight excluding hydrogens is 298 g/mol. The van der Waals surface area contributed by atoms with Gasteiger partial charge in [0, 0.05) is 18.8 Å². The fraction of sp³-hybridized carbons (Fsp3) is 0.400. The van der Waals surface area contributed by atoms with Gasteiger partial charge < -0.3 is 10.0 Å². The first-order valence-electron chi connectivity index (χ1n) is 7.43. The van der Waals surface area contributed by atoms with Gasteiger partial charge in [-0.15, -0.1) is 5.10 Å². The molecule has 1 aliphatic heterocycles. The molecule has 0 unspecified atom stereocenters. The van der Waals surface area contributed by atoms with Crippen LogP contribution in [0.2, 0.25) is 0 Å². The van der Waals surface area contributed by atoms with Gasteiger partial charge in [0.05, 0.1) is 35.8 Å². The second-order valence-electron chi connectivity index (χ2n) is 5.61. The van der Waals surface area contributed by atoms with Crippen LogP contribution in [0.1, 0.15) is 30.1 Å². The van der Waals surface area contributed by atoms with Crippen LogP contribution >= 0.6 is 0 Å². The number of piperidine rings is 1. The fourth-order valence-corrected chi connectivity index (χ4v) is 2.94. The highest BCUT2D eigenvalue weighted by atomic mass is 16.4. The van der Waals surface area contributed by atoms with Crippen LogP contribution in [-0.4, -0.2) is 54.4 Å². The van der Waals surface area contributed by atoms with Crippen LogP contribution < -0.4 is 0 Å². The molecule has 0 spiro atoms. The van der Waals surface area contributed by atoms with E-state index in [1.807, 2.05) is 0 Å². The van der Waals surface area contributed by atoms with Crippen LogP contribution in [0.25, 0.3) is 5.69 Å². The molecule has 1 aliphatic rings. The SMILES string of the molecule is C[C@@H]1[C@H](C(=O)O)CCCN1C(=O)c1cncc(-n2ccnn2)c1. The van der Waals surface area contributed by atoms with Crippen LogP contribution in [-0.2, 0) is 4.79 Å². The average molecular weight is 315 g/mol. The Balaban J connectivity index is 1.85. The Bertz CT molecular complexity index is 716. The summed E-state index contributed by atoms with van der Waals surface area (Å²) in [5, 5.41) is 16.9. The van der Waals surface area contributed by atoms with E-state index in [1.54, 1.807) is 36.5 Å². The molecule has 3 rings (SSSR count). The molecule has 2 aromatic rings. The number of aromatic nitrogens is 4. The molecule has 1 amide bonds. The minimum Gasteiger partial charge on any atom is -0.481 e. The summed E-state index contributed by atoms with van der Waals surface area (Å²) in [5.41, 5.74) is 1.05. The van der Waals surface area contributed by atoms with Crippen molar-refractivity contribution in [3.63, 3.8) is 0 Å². The summed E-state index contributed by atoms with van der Waals surface area (Å²) >= 11 is 0. The highest BCUT2D eigenvalue weighted by Crippen LogP contribution is 2.25. The lowest BCUT2D eigenvalue weighted by molar-refractivity contribution is -0.144. The van der Waals surface area contributed by atoms with Crippen molar-refractivity contribution < 1.29 is 14.7 Å². The molecule has 0 aliphatic carbocycles. The standard InChI is InChI=1S/C15H17N5O3/c1-10-13(15(22)23)3-2-5-19(10)14(21)11-7-12(9-16-8-11)20-6-4-17-18-20/h4,6-10,13H,2-3,5H2,1H3,(H,22,23)/t10-,13-/m1/s1. The number of carboxylic acid groups (broad SMARTS) is 1. The summed E-state index contributed by atoms with van der Waals surface area (Å²) in [4.78, 5) is 29.8. The van der Waals surface area contributed by atoms with Crippen molar-refractivity contribution >= 4 is 11.9 Å². The zero-order chi connectivity index (χ0) is 16.4. The minimum absolute atomic E-state index is 0.210. The topological polar surface area (TPSA) is 101 Å². The van der Waals surface area contributed by atoms with E-state index in [0.717, 1.165) is 0 Å². The third-order valence-electron chi connectivity index (χ3n) is 4.22. The molecule has 3 heterocycles. The van der Waals surface area contributed by atoms with E-state index in [2.05, 4.69) is 15.3 Å². The number of hydrogen-bond acceptors (Lipinski definition) is 5. The Kier molecular flexibility index (Phi) is 4.05. The second kappa shape index (κ2) is 6.15. The molecule has 0 radical (unpaired) electrons. The van der Waals surface area contributed by atoms with Crippen molar-refractivity contribution in [2.45, 2.75) is 25.8 Å². The van der Waals surface area contributed by atoms with E-state index < -0.39 is 11.9 Å². The van der Waals surface area contributed by atoms with Gasteiger partial charge in [0.1, 0.15) is 0 Å². The number of amides is 1. The molecule has 1 fully saturated rings. The molecule has 120 valence electrons. The lowest BCUT2D eigenvalue weighted by Crippen LogP contribution is -2.49. The molecule has 1 saturated heterocycles. The van der Waals surface area contributed by atoms with Crippen molar-refractivity contribution in [2.75, 3.05) is 6.54 Å². The van der Waals surface area contributed by atoms with Crippen molar-refractivity contribution in [1.29, 1.82) is 0 Å². The summed E-state index contributed by atoms with van der Waals surface area (Å²) in [7, 11) is 0. The Morgan fingerprint density at radius 2 is 2.17 bits per heavy atom. The van der Waals surface area contributed by atoms with Crippen LogP contribution in [0.3, 0.4) is 0 Å².